The van der Waals surface area contributed by atoms with Crippen LogP contribution < -0.4 is 5.48 Å². The fraction of sp³-hybridized carbons (Fsp3) is 0.938. The number of hydrogen-bond donors (Lipinski definition) is 1. The molecule has 0 aromatic rings. The van der Waals surface area contributed by atoms with Crippen molar-refractivity contribution in [2.75, 3.05) is 13.1 Å². The van der Waals surface area contributed by atoms with Gasteiger partial charge in [0.25, 0.3) is 0 Å². The first-order valence-electron chi connectivity index (χ1n) is 8.67. The monoisotopic (exact) mass is 297 g/mol. The summed E-state index contributed by atoms with van der Waals surface area (Å²) in [5.74, 6) is 0.448. The number of rotatable bonds is 0. The second-order valence-electron chi connectivity index (χ2n) is 5.86. The number of hydrogen-bond acceptors (Lipinski definition) is 5. The van der Waals surface area contributed by atoms with Crippen LogP contribution >= 0.6 is 0 Å². The lowest BCUT2D eigenvalue weighted by atomic mass is 10.0. The van der Waals surface area contributed by atoms with Crippen molar-refractivity contribution in [1.82, 2.24) is 5.48 Å². The Bertz CT molecular complexity index is 283. The van der Waals surface area contributed by atoms with Crippen LogP contribution in [0.25, 0.3) is 0 Å². The summed E-state index contributed by atoms with van der Waals surface area (Å²) in [6, 6.07) is 0. The molecule has 0 atom stereocenters. The van der Waals surface area contributed by atoms with Crippen molar-refractivity contribution >= 4 is 5.78 Å². The maximum atomic E-state index is 11.7. The minimum atomic E-state index is 0.448. The molecule has 0 fully saturated rings. The van der Waals surface area contributed by atoms with Crippen molar-refractivity contribution in [2.45, 2.75) is 83.5 Å². The molecule has 0 aliphatic carbocycles. The van der Waals surface area contributed by atoms with Gasteiger partial charge >= 0.3 is 0 Å². The maximum absolute atomic E-state index is 11.7. The highest BCUT2D eigenvalue weighted by Crippen LogP contribution is 2.11. The van der Waals surface area contributed by atoms with E-state index in [0.29, 0.717) is 12.3 Å². The maximum Gasteiger partial charge on any atom is 0.132 e. The lowest BCUT2D eigenvalue weighted by molar-refractivity contribution is -0.119. The number of carbonyl (C=O) groups is 1. The molecule has 5 nitrogen and oxygen atoms in total. The third kappa shape index (κ3) is 12.5. The van der Waals surface area contributed by atoms with E-state index in [0.717, 1.165) is 57.9 Å². The van der Waals surface area contributed by atoms with Crippen molar-refractivity contribution in [3.05, 3.63) is 0 Å². The molecule has 1 N–H and O–H groups in total. The molecule has 1 aliphatic heterocycles. The Morgan fingerprint density at radius 2 is 1.33 bits per heavy atom. The highest BCUT2D eigenvalue weighted by molar-refractivity contribution is 5.78. The molecule has 122 valence electrons. The molecule has 1 heterocycles. The number of hydroxylamine groups is 1. The summed E-state index contributed by atoms with van der Waals surface area (Å²) in [4.78, 5) is 16.6. The number of nitrogens with zero attached hydrogens (tertiary/aromatic N) is 2. The molecular formula is C16H31N3O2. The first-order valence-corrected chi connectivity index (χ1v) is 8.67. The molecule has 0 aromatic heterocycles. The van der Waals surface area contributed by atoms with Gasteiger partial charge in [-0.15, -0.1) is 5.48 Å². The fourth-order valence-electron chi connectivity index (χ4n) is 2.53. The standard InChI is InChI=1S/C16H31N3O2/c20-16-12-8-4-2-1-3-6-11-15-18-21-19-17-14-10-7-5-9-13-16/h18H,1-15H2. The van der Waals surface area contributed by atoms with E-state index in [1.165, 1.54) is 32.1 Å². The first-order chi connectivity index (χ1) is 10.4. The zero-order chi connectivity index (χ0) is 15.0. The Hall–Kier alpha value is -0.970. The number of carbonyl (C=O) groups excluding carboxylic acids is 1. The lowest BCUT2D eigenvalue weighted by Gasteiger charge is -2.04. The lowest BCUT2D eigenvalue weighted by Crippen LogP contribution is -2.12. The predicted octanol–water partition coefficient (Wildman–Crippen LogP) is 4.53. The van der Waals surface area contributed by atoms with E-state index in [4.69, 9.17) is 4.94 Å². The summed E-state index contributed by atoms with van der Waals surface area (Å²) >= 11 is 0. The molecular weight excluding hydrogens is 266 g/mol. The summed E-state index contributed by atoms with van der Waals surface area (Å²) < 4.78 is 0. The number of nitrogens with one attached hydrogen (secondary N) is 1. The number of Topliss-reactive ketones (excluding diaryl/α,β-unsaturated/α-hetero) is 1. The quantitative estimate of drug-likeness (QED) is 0.714. The van der Waals surface area contributed by atoms with Crippen molar-refractivity contribution in [3.63, 3.8) is 0 Å². The topological polar surface area (TPSA) is 63.0 Å². The molecule has 0 radical (unpaired) electrons. The van der Waals surface area contributed by atoms with Gasteiger partial charge in [-0.1, -0.05) is 44.9 Å². The highest BCUT2D eigenvalue weighted by Gasteiger charge is 2.02. The van der Waals surface area contributed by atoms with Gasteiger partial charge in [0.1, 0.15) is 5.78 Å². The van der Waals surface area contributed by atoms with Gasteiger partial charge in [-0.2, -0.15) is 5.11 Å². The van der Waals surface area contributed by atoms with Crippen LogP contribution in [0.1, 0.15) is 83.5 Å². The van der Waals surface area contributed by atoms with Crippen LogP contribution in [0.5, 0.6) is 0 Å². The highest BCUT2D eigenvalue weighted by atomic mass is 16.8. The molecule has 0 saturated heterocycles. The van der Waals surface area contributed by atoms with E-state index in [9.17, 15) is 4.79 Å². The first kappa shape index (κ1) is 18.1. The Morgan fingerprint density at radius 1 is 0.762 bits per heavy atom. The summed E-state index contributed by atoms with van der Waals surface area (Å²) in [6.07, 6.45) is 14.2. The van der Waals surface area contributed by atoms with Crippen molar-refractivity contribution in [3.8, 4) is 0 Å². The van der Waals surface area contributed by atoms with E-state index in [1.807, 2.05) is 0 Å². The molecule has 1 rings (SSSR count). The van der Waals surface area contributed by atoms with Gasteiger partial charge in [-0.3, -0.25) is 9.73 Å². The molecule has 21 heavy (non-hydrogen) atoms. The van der Waals surface area contributed by atoms with Crippen LogP contribution in [-0.4, -0.2) is 18.9 Å². The van der Waals surface area contributed by atoms with Crippen LogP contribution in [0.4, 0.5) is 0 Å². The van der Waals surface area contributed by atoms with Crippen LogP contribution in [0.15, 0.2) is 10.4 Å². The van der Waals surface area contributed by atoms with Crippen LogP contribution in [-0.2, 0) is 9.73 Å². The Balaban J connectivity index is 2.15. The van der Waals surface area contributed by atoms with Crippen molar-refractivity contribution in [2.24, 2.45) is 10.4 Å². The normalized spacial score (nSPS) is 22.4. The van der Waals surface area contributed by atoms with Gasteiger partial charge in [0.15, 0.2) is 0 Å². The number of ketones is 1. The average Bonchev–Trinajstić information content (AvgIpc) is 2.48. The van der Waals surface area contributed by atoms with Gasteiger partial charge in [0, 0.05) is 24.7 Å². The minimum Gasteiger partial charge on any atom is -0.300 e. The largest absolute Gasteiger partial charge is 0.300 e. The summed E-state index contributed by atoms with van der Waals surface area (Å²) in [6.45, 7) is 1.53. The molecule has 5 heteroatoms. The fourth-order valence-corrected chi connectivity index (χ4v) is 2.53. The second kappa shape index (κ2) is 14.0. The SMILES string of the molecule is O=C1CCCCCCCCCNON=NCCCCCC1. The molecule has 0 spiro atoms. The summed E-state index contributed by atoms with van der Waals surface area (Å²) in [5.41, 5.74) is 2.81. The van der Waals surface area contributed by atoms with Crippen LogP contribution in [0.3, 0.4) is 0 Å². The van der Waals surface area contributed by atoms with Gasteiger partial charge in [-0.25, -0.2) is 0 Å². The van der Waals surface area contributed by atoms with E-state index in [-0.39, 0.29) is 0 Å². The van der Waals surface area contributed by atoms with Gasteiger partial charge in [0.05, 0.1) is 6.54 Å². The van der Waals surface area contributed by atoms with E-state index in [2.05, 4.69) is 15.9 Å². The van der Waals surface area contributed by atoms with Crippen molar-refractivity contribution < 1.29 is 9.73 Å². The molecule has 0 saturated carbocycles. The Kier molecular flexibility index (Phi) is 12.0. The second-order valence-corrected chi connectivity index (χ2v) is 5.86. The van der Waals surface area contributed by atoms with E-state index >= 15 is 0 Å². The van der Waals surface area contributed by atoms with Crippen LogP contribution in [0.2, 0.25) is 0 Å². The zero-order valence-electron chi connectivity index (χ0n) is 13.3. The van der Waals surface area contributed by atoms with Crippen molar-refractivity contribution in [1.29, 1.82) is 0 Å². The van der Waals surface area contributed by atoms with Gasteiger partial charge in [0.2, 0.25) is 0 Å². The van der Waals surface area contributed by atoms with Gasteiger partial charge in [-0.05, 0) is 25.7 Å². The summed E-state index contributed by atoms with van der Waals surface area (Å²) in [5, 5.41) is 7.58. The molecule has 0 unspecified atom stereocenters. The third-order valence-electron chi connectivity index (χ3n) is 3.86. The molecule has 0 bridgehead atoms. The minimum absolute atomic E-state index is 0.448. The predicted molar refractivity (Wildman–Crippen MR) is 83.8 cm³/mol. The van der Waals surface area contributed by atoms with E-state index < -0.39 is 0 Å². The Labute approximate surface area is 128 Å². The zero-order valence-corrected chi connectivity index (χ0v) is 13.3. The molecule has 0 aromatic carbocycles. The molecule has 1 aliphatic rings. The Morgan fingerprint density at radius 3 is 2.05 bits per heavy atom. The smallest absolute Gasteiger partial charge is 0.132 e. The third-order valence-corrected chi connectivity index (χ3v) is 3.86. The molecule has 0 amide bonds. The van der Waals surface area contributed by atoms with Crippen LogP contribution in [0, 0.1) is 0 Å². The summed E-state index contributed by atoms with van der Waals surface area (Å²) in [7, 11) is 0. The van der Waals surface area contributed by atoms with Gasteiger partial charge < -0.3 is 0 Å². The van der Waals surface area contributed by atoms with E-state index in [1.54, 1.807) is 0 Å². The average molecular weight is 297 g/mol.